The Morgan fingerprint density at radius 3 is 2.61 bits per heavy atom. The first-order chi connectivity index (χ1) is 8.52. The molecule has 0 amide bonds. The van der Waals surface area contributed by atoms with E-state index in [0.29, 0.717) is 17.9 Å². The highest BCUT2D eigenvalue weighted by Gasteiger charge is 2.10. The zero-order valence-electron chi connectivity index (χ0n) is 12.3. The van der Waals surface area contributed by atoms with E-state index < -0.39 is 0 Å². The summed E-state index contributed by atoms with van der Waals surface area (Å²) in [7, 11) is 1.95. The van der Waals surface area contributed by atoms with Gasteiger partial charge in [-0.05, 0) is 51.8 Å². The lowest BCUT2D eigenvalue weighted by atomic mass is 9.95. The van der Waals surface area contributed by atoms with E-state index >= 15 is 0 Å². The van der Waals surface area contributed by atoms with Crippen LogP contribution in [0, 0.1) is 5.92 Å². The van der Waals surface area contributed by atoms with Gasteiger partial charge in [0.15, 0.2) is 5.78 Å². The van der Waals surface area contributed by atoms with Gasteiger partial charge in [0.1, 0.15) is 0 Å². The fourth-order valence-corrected chi connectivity index (χ4v) is 1.62. The molecule has 0 saturated carbocycles. The van der Waals surface area contributed by atoms with Gasteiger partial charge >= 0.3 is 0 Å². The number of hydrogen-bond acceptors (Lipinski definition) is 2. The van der Waals surface area contributed by atoms with Crippen molar-refractivity contribution in [1.82, 2.24) is 5.32 Å². The number of nitrogens with one attached hydrogen (secondary N) is 1. The molecule has 1 unspecified atom stereocenters. The number of Topliss-reactive ketones (excluding diaryl/α,β-unsaturated/α-hetero) is 1. The summed E-state index contributed by atoms with van der Waals surface area (Å²) >= 11 is 0. The predicted octanol–water partition coefficient (Wildman–Crippen LogP) is 3.66. The number of carbonyl (C=O) groups excluding carboxylic acids is 1. The fraction of sp³-hybridized carbons (Fsp3) is 0.562. The van der Waals surface area contributed by atoms with E-state index in [-0.39, 0.29) is 5.78 Å². The molecule has 0 heterocycles. The molecule has 102 valence electrons. The minimum atomic E-state index is 0.171. The Hall–Kier alpha value is -1.15. The van der Waals surface area contributed by atoms with E-state index in [4.69, 9.17) is 0 Å². The second-order valence-electron chi connectivity index (χ2n) is 4.81. The van der Waals surface area contributed by atoms with E-state index in [9.17, 15) is 4.79 Å². The van der Waals surface area contributed by atoms with Crippen LogP contribution in [-0.4, -0.2) is 19.4 Å². The molecule has 0 rings (SSSR count). The van der Waals surface area contributed by atoms with Gasteiger partial charge in [0.2, 0.25) is 0 Å². The van der Waals surface area contributed by atoms with Crippen molar-refractivity contribution in [2.75, 3.05) is 13.6 Å². The van der Waals surface area contributed by atoms with Gasteiger partial charge in [0.05, 0.1) is 0 Å². The second-order valence-corrected chi connectivity index (χ2v) is 4.81. The van der Waals surface area contributed by atoms with Gasteiger partial charge in [0, 0.05) is 12.0 Å². The summed E-state index contributed by atoms with van der Waals surface area (Å²) in [6.07, 6.45) is 8.47. The van der Waals surface area contributed by atoms with Gasteiger partial charge < -0.3 is 5.32 Å². The second kappa shape index (κ2) is 9.84. The number of rotatable bonds is 9. The minimum Gasteiger partial charge on any atom is -0.320 e. The SMILES string of the molecule is C=C(C(=O)CCC(C)CCNC)/C(C)=C\C=C/C. The smallest absolute Gasteiger partial charge is 0.162 e. The van der Waals surface area contributed by atoms with Crippen molar-refractivity contribution in [3.63, 3.8) is 0 Å². The van der Waals surface area contributed by atoms with E-state index in [0.717, 1.165) is 25.0 Å². The molecular formula is C16H27NO. The van der Waals surface area contributed by atoms with Gasteiger partial charge in [-0.2, -0.15) is 0 Å². The third-order valence-electron chi connectivity index (χ3n) is 3.10. The normalized spacial score (nSPS) is 13.9. The highest BCUT2D eigenvalue weighted by molar-refractivity contribution is 5.98. The summed E-state index contributed by atoms with van der Waals surface area (Å²) in [4.78, 5) is 11.9. The summed E-state index contributed by atoms with van der Waals surface area (Å²) in [6.45, 7) is 11.0. The van der Waals surface area contributed by atoms with E-state index in [2.05, 4.69) is 18.8 Å². The zero-order valence-corrected chi connectivity index (χ0v) is 12.3. The molecule has 0 aromatic rings. The number of allylic oxidation sites excluding steroid dienone is 5. The Kier molecular flexibility index (Phi) is 9.21. The minimum absolute atomic E-state index is 0.171. The zero-order chi connectivity index (χ0) is 14.0. The average molecular weight is 249 g/mol. The van der Waals surface area contributed by atoms with Gasteiger partial charge in [-0.25, -0.2) is 0 Å². The van der Waals surface area contributed by atoms with Crippen molar-refractivity contribution in [2.24, 2.45) is 5.92 Å². The summed E-state index contributed by atoms with van der Waals surface area (Å²) in [5, 5.41) is 3.13. The summed E-state index contributed by atoms with van der Waals surface area (Å²) < 4.78 is 0. The molecule has 0 aromatic heterocycles. The summed E-state index contributed by atoms with van der Waals surface area (Å²) in [6, 6.07) is 0. The van der Waals surface area contributed by atoms with Crippen LogP contribution in [0.4, 0.5) is 0 Å². The van der Waals surface area contributed by atoms with Crippen molar-refractivity contribution in [3.05, 3.63) is 36.0 Å². The molecule has 0 bridgehead atoms. The van der Waals surface area contributed by atoms with Crippen molar-refractivity contribution >= 4 is 5.78 Å². The monoisotopic (exact) mass is 249 g/mol. The quantitative estimate of drug-likeness (QED) is 0.499. The van der Waals surface area contributed by atoms with Crippen molar-refractivity contribution in [1.29, 1.82) is 0 Å². The first-order valence-corrected chi connectivity index (χ1v) is 6.69. The fourth-order valence-electron chi connectivity index (χ4n) is 1.62. The first kappa shape index (κ1) is 16.9. The van der Waals surface area contributed by atoms with Crippen LogP contribution in [0.1, 0.15) is 40.0 Å². The van der Waals surface area contributed by atoms with Gasteiger partial charge in [0.25, 0.3) is 0 Å². The maximum atomic E-state index is 11.9. The molecule has 0 aliphatic rings. The number of ketones is 1. The molecule has 0 aliphatic heterocycles. The van der Waals surface area contributed by atoms with E-state index in [1.807, 2.05) is 39.1 Å². The molecule has 1 N–H and O–H groups in total. The maximum absolute atomic E-state index is 11.9. The molecule has 18 heavy (non-hydrogen) atoms. The van der Waals surface area contributed by atoms with Gasteiger partial charge in [-0.15, -0.1) is 0 Å². The Balaban J connectivity index is 4.13. The van der Waals surface area contributed by atoms with Crippen molar-refractivity contribution in [2.45, 2.75) is 40.0 Å². The summed E-state index contributed by atoms with van der Waals surface area (Å²) in [5.74, 6) is 0.749. The third-order valence-corrected chi connectivity index (χ3v) is 3.10. The number of hydrogen-bond donors (Lipinski definition) is 1. The topological polar surface area (TPSA) is 29.1 Å². The Morgan fingerprint density at radius 1 is 1.39 bits per heavy atom. The predicted molar refractivity (Wildman–Crippen MR) is 79.7 cm³/mol. The molecule has 1 atom stereocenters. The first-order valence-electron chi connectivity index (χ1n) is 6.69. The molecule has 0 saturated heterocycles. The Morgan fingerprint density at radius 2 is 2.06 bits per heavy atom. The van der Waals surface area contributed by atoms with Crippen molar-refractivity contribution < 1.29 is 4.79 Å². The maximum Gasteiger partial charge on any atom is 0.162 e. The molecule has 2 nitrogen and oxygen atoms in total. The standard InChI is InChI=1S/C16H27NO/c1-6-7-8-14(3)15(4)16(18)10-9-13(2)11-12-17-5/h6-8,13,17H,4,9-12H2,1-3,5H3/b7-6-,14-8-. The summed E-state index contributed by atoms with van der Waals surface area (Å²) in [5.41, 5.74) is 1.61. The highest BCUT2D eigenvalue weighted by Crippen LogP contribution is 2.15. The molecule has 0 aromatic carbocycles. The largest absolute Gasteiger partial charge is 0.320 e. The molecule has 0 radical (unpaired) electrons. The van der Waals surface area contributed by atoms with Crippen LogP contribution in [-0.2, 0) is 4.79 Å². The number of carbonyl (C=O) groups is 1. The van der Waals surface area contributed by atoms with Crippen LogP contribution >= 0.6 is 0 Å². The lowest BCUT2D eigenvalue weighted by Gasteiger charge is -2.11. The average Bonchev–Trinajstić information content (AvgIpc) is 2.38. The molecule has 0 fully saturated rings. The van der Waals surface area contributed by atoms with E-state index in [1.54, 1.807) is 0 Å². The lowest BCUT2D eigenvalue weighted by Crippen LogP contribution is -2.13. The Bertz CT molecular complexity index is 326. The highest BCUT2D eigenvalue weighted by atomic mass is 16.1. The molecular weight excluding hydrogens is 222 g/mol. The van der Waals surface area contributed by atoms with Crippen LogP contribution in [0.5, 0.6) is 0 Å². The molecule has 0 spiro atoms. The molecule has 2 heteroatoms. The van der Waals surface area contributed by atoms with Crippen LogP contribution in [0.3, 0.4) is 0 Å². The van der Waals surface area contributed by atoms with Gasteiger partial charge in [-0.3, -0.25) is 4.79 Å². The van der Waals surface area contributed by atoms with Crippen molar-refractivity contribution in [3.8, 4) is 0 Å². The van der Waals surface area contributed by atoms with Gasteiger partial charge in [-0.1, -0.05) is 31.7 Å². The third kappa shape index (κ3) is 7.23. The van der Waals surface area contributed by atoms with Crippen LogP contribution < -0.4 is 5.32 Å². The lowest BCUT2D eigenvalue weighted by molar-refractivity contribution is -0.115. The van der Waals surface area contributed by atoms with Crippen LogP contribution in [0.15, 0.2) is 36.0 Å². The van der Waals surface area contributed by atoms with E-state index in [1.165, 1.54) is 0 Å². The Labute approximate surface area is 112 Å². The van der Waals surface area contributed by atoms with Crippen LogP contribution in [0.25, 0.3) is 0 Å². The van der Waals surface area contributed by atoms with Crippen LogP contribution in [0.2, 0.25) is 0 Å². The molecule has 0 aliphatic carbocycles.